The third-order valence-electron chi connectivity index (χ3n) is 5.96. The molecule has 7 heteroatoms. The molecule has 2 aliphatic rings. The Morgan fingerprint density at radius 1 is 1.11 bits per heavy atom. The monoisotopic (exact) mass is 390 g/mol. The zero-order valence-electron chi connectivity index (χ0n) is 16.9. The van der Waals surface area contributed by atoms with Gasteiger partial charge in [0.15, 0.2) is 11.5 Å². The van der Waals surface area contributed by atoms with Gasteiger partial charge in [-0.15, -0.1) is 0 Å². The highest BCUT2D eigenvalue weighted by Crippen LogP contribution is 2.39. The number of benzene rings is 1. The lowest BCUT2D eigenvalue weighted by atomic mass is 9.85. The molecule has 7 nitrogen and oxygen atoms in total. The number of esters is 1. The minimum Gasteiger partial charge on any atom is -0.493 e. The van der Waals surface area contributed by atoms with E-state index in [2.05, 4.69) is 10.2 Å². The summed E-state index contributed by atoms with van der Waals surface area (Å²) in [7, 11) is 4.59. The van der Waals surface area contributed by atoms with Crippen molar-refractivity contribution in [2.45, 2.75) is 50.7 Å². The predicted octanol–water partition coefficient (Wildman–Crippen LogP) is 2.13. The van der Waals surface area contributed by atoms with Crippen LogP contribution in [0.4, 0.5) is 0 Å². The average molecular weight is 390 g/mol. The van der Waals surface area contributed by atoms with Gasteiger partial charge < -0.3 is 19.5 Å². The summed E-state index contributed by atoms with van der Waals surface area (Å²) in [5.41, 5.74) is 0.924. The highest BCUT2D eigenvalue weighted by Gasteiger charge is 2.46. The smallest absolute Gasteiger partial charge is 0.323 e. The van der Waals surface area contributed by atoms with Gasteiger partial charge in [0.05, 0.1) is 27.9 Å². The van der Waals surface area contributed by atoms with Crippen molar-refractivity contribution >= 4 is 11.9 Å². The van der Waals surface area contributed by atoms with Crippen LogP contribution >= 0.6 is 0 Å². The lowest BCUT2D eigenvalue weighted by Crippen LogP contribution is -2.47. The van der Waals surface area contributed by atoms with Crippen molar-refractivity contribution in [3.63, 3.8) is 0 Å². The molecule has 3 atom stereocenters. The van der Waals surface area contributed by atoms with Gasteiger partial charge in [-0.05, 0) is 42.9 Å². The highest BCUT2D eigenvalue weighted by atomic mass is 16.5. The van der Waals surface area contributed by atoms with Crippen molar-refractivity contribution < 1.29 is 23.8 Å². The topological polar surface area (TPSA) is 77.1 Å². The largest absolute Gasteiger partial charge is 0.493 e. The SMILES string of the molecule is COC(=O)[C@@H]1C[C@@H]2CCCC[C@H]2N1CC(=O)NCc1ccc(OC)c(OC)c1. The van der Waals surface area contributed by atoms with E-state index in [0.717, 1.165) is 31.2 Å². The molecule has 0 unspecified atom stereocenters. The van der Waals surface area contributed by atoms with Crippen LogP contribution in [0.2, 0.25) is 0 Å². The Hall–Kier alpha value is -2.28. The number of fused-ring (bicyclic) bond motifs is 1. The van der Waals surface area contributed by atoms with Crippen molar-refractivity contribution in [1.82, 2.24) is 10.2 Å². The number of carbonyl (C=O) groups is 2. The number of nitrogens with one attached hydrogen (secondary N) is 1. The van der Waals surface area contributed by atoms with Gasteiger partial charge in [-0.3, -0.25) is 14.5 Å². The maximum Gasteiger partial charge on any atom is 0.323 e. The Bertz CT molecular complexity index is 708. The molecular weight excluding hydrogens is 360 g/mol. The zero-order valence-corrected chi connectivity index (χ0v) is 16.9. The van der Waals surface area contributed by atoms with Crippen LogP contribution in [-0.4, -0.2) is 56.7 Å². The Morgan fingerprint density at radius 3 is 2.57 bits per heavy atom. The van der Waals surface area contributed by atoms with E-state index < -0.39 is 0 Å². The molecule has 3 rings (SSSR count). The second kappa shape index (κ2) is 9.28. The summed E-state index contributed by atoms with van der Waals surface area (Å²) in [5.74, 6) is 1.44. The lowest BCUT2D eigenvalue weighted by molar-refractivity contribution is -0.146. The average Bonchev–Trinajstić information content (AvgIpc) is 3.09. The Kier molecular flexibility index (Phi) is 6.78. The highest BCUT2D eigenvalue weighted by molar-refractivity contribution is 5.81. The first-order valence-electron chi connectivity index (χ1n) is 9.88. The molecule has 0 bridgehead atoms. The molecule has 0 spiro atoms. The second-order valence-corrected chi connectivity index (χ2v) is 7.52. The summed E-state index contributed by atoms with van der Waals surface area (Å²) >= 11 is 0. The van der Waals surface area contributed by atoms with Crippen molar-refractivity contribution in [3.8, 4) is 11.5 Å². The molecule has 1 aromatic carbocycles. The van der Waals surface area contributed by atoms with E-state index in [9.17, 15) is 9.59 Å². The van der Waals surface area contributed by atoms with E-state index in [1.165, 1.54) is 13.5 Å². The lowest BCUT2D eigenvalue weighted by Gasteiger charge is -2.32. The number of ether oxygens (including phenoxy) is 3. The van der Waals surface area contributed by atoms with Crippen LogP contribution in [0.5, 0.6) is 11.5 Å². The van der Waals surface area contributed by atoms with E-state index in [1.807, 2.05) is 18.2 Å². The number of amides is 1. The van der Waals surface area contributed by atoms with E-state index in [4.69, 9.17) is 14.2 Å². The standard InChI is InChI=1S/C21H30N2O5/c1-26-18-9-8-14(10-19(18)27-2)12-22-20(24)13-23-16-7-5-4-6-15(16)11-17(23)21(25)28-3/h8-10,15-17H,4-7,11-13H2,1-3H3,(H,22,24)/t15-,16+,17-/m0/s1. The van der Waals surface area contributed by atoms with Gasteiger partial charge in [-0.1, -0.05) is 18.9 Å². The summed E-state index contributed by atoms with van der Waals surface area (Å²) in [5, 5.41) is 2.96. The summed E-state index contributed by atoms with van der Waals surface area (Å²) in [6.45, 7) is 0.609. The number of carbonyl (C=O) groups excluding carboxylic acids is 2. The third kappa shape index (κ3) is 4.41. The Morgan fingerprint density at radius 2 is 1.86 bits per heavy atom. The second-order valence-electron chi connectivity index (χ2n) is 7.52. The molecule has 28 heavy (non-hydrogen) atoms. The molecule has 1 saturated carbocycles. The summed E-state index contributed by atoms with van der Waals surface area (Å²) in [6, 6.07) is 5.55. The minimum absolute atomic E-state index is 0.0880. The maximum atomic E-state index is 12.6. The predicted molar refractivity (Wildman–Crippen MR) is 104 cm³/mol. The molecule has 2 fully saturated rings. The fourth-order valence-corrected chi connectivity index (χ4v) is 4.56. The Balaban J connectivity index is 1.61. The number of hydrogen-bond acceptors (Lipinski definition) is 6. The van der Waals surface area contributed by atoms with Gasteiger partial charge in [0, 0.05) is 12.6 Å². The van der Waals surface area contributed by atoms with Crippen molar-refractivity contribution in [2.75, 3.05) is 27.9 Å². The van der Waals surface area contributed by atoms with E-state index in [1.54, 1.807) is 14.2 Å². The molecule has 1 aliphatic heterocycles. The normalized spacial score (nSPS) is 24.3. The molecule has 0 aromatic heterocycles. The van der Waals surface area contributed by atoms with E-state index in [-0.39, 0.29) is 24.5 Å². The van der Waals surface area contributed by atoms with Gasteiger partial charge in [0.25, 0.3) is 0 Å². The number of methoxy groups -OCH3 is 3. The van der Waals surface area contributed by atoms with Gasteiger partial charge in [-0.2, -0.15) is 0 Å². The molecule has 1 amide bonds. The molecule has 1 N–H and O–H groups in total. The van der Waals surface area contributed by atoms with Crippen molar-refractivity contribution in [2.24, 2.45) is 5.92 Å². The zero-order chi connectivity index (χ0) is 20.1. The van der Waals surface area contributed by atoms with Crippen molar-refractivity contribution in [1.29, 1.82) is 0 Å². The van der Waals surface area contributed by atoms with Crippen LogP contribution in [0.25, 0.3) is 0 Å². The number of hydrogen-bond donors (Lipinski definition) is 1. The fourth-order valence-electron chi connectivity index (χ4n) is 4.56. The molecular formula is C21H30N2O5. The molecule has 1 aromatic rings. The van der Waals surface area contributed by atoms with Crippen molar-refractivity contribution in [3.05, 3.63) is 23.8 Å². The quantitative estimate of drug-likeness (QED) is 0.719. The Labute approximate surface area is 166 Å². The van der Waals surface area contributed by atoms with Crippen LogP contribution < -0.4 is 14.8 Å². The molecule has 0 radical (unpaired) electrons. The van der Waals surface area contributed by atoms with Gasteiger partial charge in [0.2, 0.25) is 5.91 Å². The van der Waals surface area contributed by atoms with Crippen LogP contribution in [-0.2, 0) is 20.9 Å². The molecule has 1 heterocycles. The molecule has 1 saturated heterocycles. The maximum absolute atomic E-state index is 12.6. The summed E-state index contributed by atoms with van der Waals surface area (Å²) < 4.78 is 15.5. The third-order valence-corrected chi connectivity index (χ3v) is 5.96. The minimum atomic E-state index is -0.315. The van der Waals surface area contributed by atoms with Crippen LogP contribution in [0.3, 0.4) is 0 Å². The first-order chi connectivity index (χ1) is 13.6. The first kappa shape index (κ1) is 20.5. The van der Waals surface area contributed by atoms with E-state index in [0.29, 0.717) is 30.0 Å². The number of likely N-dealkylation sites (tertiary alicyclic amines) is 1. The van der Waals surface area contributed by atoms with Crippen LogP contribution in [0.1, 0.15) is 37.7 Å². The fraction of sp³-hybridized carbons (Fsp3) is 0.619. The van der Waals surface area contributed by atoms with Gasteiger partial charge >= 0.3 is 5.97 Å². The first-order valence-corrected chi connectivity index (χ1v) is 9.88. The number of rotatable bonds is 7. The summed E-state index contributed by atoms with van der Waals surface area (Å²) in [6.07, 6.45) is 5.32. The molecule has 1 aliphatic carbocycles. The summed E-state index contributed by atoms with van der Waals surface area (Å²) in [4.78, 5) is 26.9. The number of nitrogens with zero attached hydrogens (tertiary/aromatic N) is 1. The van der Waals surface area contributed by atoms with Crippen LogP contribution in [0, 0.1) is 5.92 Å². The molecule has 154 valence electrons. The van der Waals surface area contributed by atoms with Gasteiger partial charge in [-0.25, -0.2) is 0 Å². The van der Waals surface area contributed by atoms with E-state index >= 15 is 0 Å². The van der Waals surface area contributed by atoms with Crippen LogP contribution in [0.15, 0.2) is 18.2 Å². The van der Waals surface area contributed by atoms with Gasteiger partial charge in [0.1, 0.15) is 6.04 Å².